The molecule has 0 radical (unpaired) electrons. The molecule has 1 aliphatic rings. The van der Waals surface area contributed by atoms with Crippen LogP contribution in [0.2, 0.25) is 0 Å². The minimum atomic E-state index is -0.407. The Bertz CT molecular complexity index is 735. The second-order valence-corrected chi connectivity index (χ2v) is 6.29. The standard InChI is InChI=1S/C19H25N3O3/c1-3-12-24-15-8-6-14(13-16(15)23-4-2)7-9-17-21-18(22-25-17)19(20)10-5-11-19/h6-9,13H,3-5,10-12,20H2,1-2H3/b9-7+. The van der Waals surface area contributed by atoms with E-state index in [-0.39, 0.29) is 0 Å². The molecule has 1 aromatic carbocycles. The van der Waals surface area contributed by atoms with Crippen molar-refractivity contribution in [2.75, 3.05) is 13.2 Å². The molecule has 6 nitrogen and oxygen atoms in total. The Kier molecular flexibility index (Phi) is 5.38. The Hall–Kier alpha value is -2.34. The zero-order valence-corrected chi connectivity index (χ0v) is 14.8. The lowest BCUT2D eigenvalue weighted by molar-refractivity contribution is 0.229. The van der Waals surface area contributed by atoms with Gasteiger partial charge < -0.3 is 19.7 Å². The number of benzene rings is 1. The molecule has 0 spiro atoms. The molecule has 0 unspecified atom stereocenters. The second kappa shape index (κ2) is 7.70. The van der Waals surface area contributed by atoms with Crippen molar-refractivity contribution in [3.8, 4) is 11.5 Å². The third-order valence-corrected chi connectivity index (χ3v) is 4.28. The molecule has 0 atom stereocenters. The summed E-state index contributed by atoms with van der Waals surface area (Å²) in [5, 5.41) is 4.01. The number of nitrogens with zero attached hydrogens (tertiary/aromatic N) is 2. The number of hydrogen-bond acceptors (Lipinski definition) is 6. The van der Waals surface area contributed by atoms with Crippen LogP contribution in [-0.4, -0.2) is 23.4 Å². The molecule has 1 aromatic heterocycles. The van der Waals surface area contributed by atoms with Gasteiger partial charge in [-0.15, -0.1) is 0 Å². The fourth-order valence-electron chi connectivity index (χ4n) is 2.68. The van der Waals surface area contributed by atoms with Crippen LogP contribution >= 0.6 is 0 Å². The smallest absolute Gasteiger partial charge is 0.250 e. The monoisotopic (exact) mass is 343 g/mol. The first kappa shape index (κ1) is 17.5. The summed E-state index contributed by atoms with van der Waals surface area (Å²) >= 11 is 0. The highest BCUT2D eigenvalue weighted by Crippen LogP contribution is 2.37. The van der Waals surface area contributed by atoms with Gasteiger partial charge in [0.1, 0.15) is 0 Å². The Morgan fingerprint density at radius 3 is 2.72 bits per heavy atom. The van der Waals surface area contributed by atoms with Gasteiger partial charge in [-0.3, -0.25) is 0 Å². The van der Waals surface area contributed by atoms with Crippen molar-refractivity contribution in [2.24, 2.45) is 5.73 Å². The molecule has 2 aromatic rings. The molecule has 1 heterocycles. The molecule has 0 bridgehead atoms. The lowest BCUT2D eigenvalue weighted by atomic mass is 9.77. The van der Waals surface area contributed by atoms with Gasteiger partial charge in [-0.1, -0.05) is 18.1 Å². The average Bonchev–Trinajstić information content (AvgIpc) is 3.06. The summed E-state index contributed by atoms with van der Waals surface area (Å²) in [5.41, 5.74) is 6.78. The fourth-order valence-corrected chi connectivity index (χ4v) is 2.68. The molecule has 134 valence electrons. The van der Waals surface area contributed by atoms with E-state index in [1.165, 1.54) is 0 Å². The van der Waals surface area contributed by atoms with Crippen LogP contribution in [-0.2, 0) is 5.54 Å². The number of nitrogens with two attached hydrogens (primary N) is 1. The summed E-state index contributed by atoms with van der Waals surface area (Å²) in [7, 11) is 0. The third-order valence-electron chi connectivity index (χ3n) is 4.28. The normalized spacial score (nSPS) is 16.0. The van der Waals surface area contributed by atoms with Crippen LogP contribution in [0.1, 0.15) is 56.8 Å². The van der Waals surface area contributed by atoms with Crippen molar-refractivity contribution in [3.63, 3.8) is 0 Å². The predicted octanol–water partition coefficient (Wildman–Crippen LogP) is 3.77. The summed E-state index contributed by atoms with van der Waals surface area (Å²) in [4.78, 5) is 4.39. The highest BCUT2D eigenvalue weighted by molar-refractivity contribution is 5.67. The number of rotatable bonds is 8. The van der Waals surface area contributed by atoms with E-state index in [0.29, 0.717) is 24.9 Å². The number of aromatic nitrogens is 2. The second-order valence-electron chi connectivity index (χ2n) is 6.29. The molecule has 25 heavy (non-hydrogen) atoms. The lowest BCUT2D eigenvalue weighted by Crippen LogP contribution is -2.44. The van der Waals surface area contributed by atoms with Crippen molar-refractivity contribution in [1.29, 1.82) is 0 Å². The van der Waals surface area contributed by atoms with Crippen LogP contribution in [0, 0.1) is 0 Å². The third kappa shape index (κ3) is 4.02. The minimum Gasteiger partial charge on any atom is -0.490 e. The molecule has 6 heteroatoms. The molecule has 0 aliphatic heterocycles. The average molecular weight is 343 g/mol. The van der Waals surface area contributed by atoms with Crippen molar-refractivity contribution in [1.82, 2.24) is 10.1 Å². The summed E-state index contributed by atoms with van der Waals surface area (Å²) in [6.45, 7) is 5.28. The molecular weight excluding hydrogens is 318 g/mol. The molecule has 0 saturated heterocycles. The molecular formula is C19H25N3O3. The number of ether oxygens (including phenoxy) is 2. The summed E-state index contributed by atoms with van der Waals surface area (Å²) in [6, 6.07) is 5.83. The van der Waals surface area contributed by atoms with Gasteiger partial charge in [0.2, 0.25) is 0 Å². The van der Waals surface area contributed by atoms with E-state index in [9.17, 15) is 0 Å². The van der Waals surface area contributed by atoms with Crippen molar-refractivity contribution >= 4 is 12.2 Å². The van der Waals surface area contributed by atoms with Crippen molar-refractivity contribution in [3.05, 3.63) is 35.5 Å². The van der Waals surface area contributed by atoms with Crippen molar-refractivity contribution in [2.45, 2.75) is 45.1 Å². The Morgan fingerprint density at radius 2 is 2.04 bits per heavy atom. The van der Waals surface area contributed by atoms with Crippen LogP contribution in [0.3, 0.4) is 0 Å². The van der Waals surface area contributed by atoms with E-state index in [0.717, 1.165) is 42.7 Å². The van der Waals surface area contributed by atoms with Gasteiger partial charge in [0.25, 0.3) is 5.89 Å². The van der Waals surface area contributed by atoms with Gasteiger partial charge >= 0.3 is 0 Å². The Labute approximate surface area is 148 Å². The predicted molar refractivity (Wildman–Crippen MR) is 96.3 cm³/mol. The first-order valence-electron chi connectivity index (χ1n) is 8.85. The Morgan fingerprint density at radius 1 is 1.20 bits per heavy atom. The zero-order chi connectivity index (χ0) is 17.7. The first-order chi connectivity index (χ1) is 12.1. The Balaban J connectivity index is 1.73. The maximum Gasteiger partial charge on any atom is 0.250 e. The van der Waals surface area contributed by atoms with Crippen LogP contribution in [0.25, 0.3) is 12.2 Å². The van der Waals surface area contributed by atoms with Gasteiger partial charge in [-0.05, 0) is 56.4 Å². The largest absolute Gasteiger partial charge is 0.490 e. The highest BCUT2D eigenvalue weighted by atomic mass is 16.5. The van der Waals surface area contributed by atoms with Gasteiger partial charge in [-0.25, -0.2) is 0 Å². The van der Waals surface area contributed by atoms with E-state index >= 15 is 0 Å². The van der Waals surface area contributed by atoms with E-state index in [1.54, 1.807) is 6.08 Å². The van der Waals surface area contributed by atoms with E-state index in [2.05, 4.69) is 17.1 Å². The molecule has 1 aliphatic carbocycles. The van der Waals surface area contributed by atoms with Crippen LogP contribution in [0.15, 0.2) is 22.7 Å². The quantitative estimate of drug-likeness (QED) is 0.785. The van der Waals surface area contributed by atoms with E-state index < -0.39 is 5.54 Å². The summed E-state index contributed by atoms with van der Waals surface area (Å²) in [6.07, 6.45) is 7.58. The topological polar surface area (TPSA) is 83.4 Å². The van der Waals surface area contributed by atoms with Crippen LogP contribution in [0.5, 0.6) is 11.5 Å². The highest BCUT2D eigenvalue weighted by Gasteiger charge is 2.38. The molecule has 0 amide bonds. The molecule has 2 N–H and O–H groups in total. The van der Waals surface area contributed by atoms with Gasteiger partial charge in [-0.2, -0.15) is 4.98 Å². The molecule has 3 rings (SSSR count). The summed E-state index contributed by atoms with van der Waals surface area (Å²) in [5.74, 6) is 2.54. The van der Waals surface area contributed by atoms with Crippen LogP contribution in [0.4, 0.5) is 0 Å². The minimum absolute atomic E-state index is 0.407. The summed E-state index contributed by atoms with van der Waals surface area (Å²) < 4.78 is 16.7. The SMILES string of the molecule is CCCOc1ccc(/C=C/c2nc(C3(N)CCC3)no2)cc1OCC. The van der Waals surface area contributed by atoms with Gasteiger partial charge in [0.05, 0.1) is 18.8 Å². The molecule has 1 saturated carbocycles. The van der Waals surface area contributed by atoms with Crippen molar-refractivity contribution < 1.29 is 14.0 Å². The van der Waals surface area contributed by atoms with Crippen LogP contribution < -0.4 is 15.2 Å². The first-order valence-corrected chi connectivity index (χ1v) is 8.85. The zero-order valence-electron chi connectivity index (χ0n) is 14.8. The lowest BCUT2D eigenvalue weighted by Gasteiger charge is -2.34. The van der Waals surface area contributed by atoms with E-state index in [1.807, 2.05) is 31.2 Å². The maximum absolute atomic E-state index is 6.21. The van der Waals surface area contributed by atoms with E-state index in [4.69, 9.17) is 19.7 Å². The maximum atomic E-state index is 6.21. The molecule has 1 fully saturated rings. The van der Waals surface area contributed by atoms with Gasteiger partial charge in [0.15, 0.2) is 17.3 Å². The fraction of sp³-hybridized carbons (Fsp3) is 0.474. The number of hydrogen-bond donors (Lipinski definition) is 1. The van der Waals surface area contributed by atoms with Gasteiger partial charge in [0, 0.05) is 6.08 Å².